The number of nitrogens with one attached hydrogen (secondary N) is 2. The number of anilines is 2. The van der Waals surface area contributed by atoms with E-state index in [1.54, 1.807) is 6.07 Å². The average molecular weight is 237 g/mol. The topological polar surface area (TPSA) is 75.9 Å². The standard InChI is InChI=1S/C12H23N5/c1-9(2)5-4-6-10(3)16-11-7-12(17-13)15-8-14-11/h7-10H,4-6,13H2,1-3H3,(H2,14,15,16,17). The fourth-order valence-electron chi connectivity index (χ4n) is 1.67. The fraction of sp³-hybridized carbons (Fsp3) is 0.667. The lowest BCUT2D eigenvalue weighted by molar-refractivity contribution is 0.520. The zero-order chi connectivity index (χ0) is 12.7. The summed E-state index contributed by atoms with van der Waals surface area (Å²) in [5.74, 6) is 7.50. The van der Waals surface area contributed by atoms with Crippen LogP contribution in [0.4, 0.5) is 11.6 Å². The molecule has 1 unspecified atom stereocenters. The minimum absolute atomic E-state index is 0.411. The first kappa shape index (κ1) is 13.7. The number of rotatable bonds is 7. The van der Waals surface area contributed by atoms with E-state index in [1.165, 1.54) is 19.2 Å². The quantitative estimate of drug-likeness (QED) is 0.501. The molecule has 1 heterocycles. The molecule has 5 heteroatoms. The van der Waals surface area contributed by atoms with E-state index >= 15 is 0 Å². The van der Waals surface area contributed by atoms with Crippen LogP contribution in [0.3, 0.4) is 0 Å². The lowest BCUT2D eigenvalue weighted by Gasteiger charge is -2.15. The van der Waals surface area contributed by atoms with E-state index in [2.05, 4.69) is 41.5 Å². The minimum Gasteiger partial charge on any atom is -0.367 e. The maximum absolute atomic E-state index is 5.29. The molecule has 0 amide bonds. The first-order valence-corrected chi connectivity index (χ1v) is 6.17. The minimum atomic E-state index is 0.411. The van der Waals surface area contributed by atoms with Crippen molar-refractivity contribution in [1.82, 2.24) is 9.97 Å². The smallest absolute Gasteiger partial charge is 0.145 e. The third kappa shape index (κ3) is 5.49. The van der Waals surface area contributed by atoms with Gasteiger partial charge in [-0.2, -0.15) is 0 Å². The van der Waals surface area contributed by atoms with Crippen LogP contribution in [0, 0.1) is 5.92 Å². The number of nitrogens with zero attached hydrogens (tertiary/aromatic N) is 2. The van der Waals surface area contributed by atoms with Gasteiger partial charge in [0.15, 0.2) is 0 Å². The van der Waals surface area contributed by atoms with Crippen LogP contribution in [0.1, 0.15) is 40.0 Å². The number of hydrazine groups is 1. The Hall–Kier alpha value is -1.36. The molecule has 4 N–H and O–H groups in total. The van der Waals surface area contributed by atoms with Crippen LogP contribution in [-0.2, 0) is 0 Å². The first-order valence-electron chi connectivity index (χ1n) is 6.17. The summed E-state index contributed by atoms with van der Waals surface area (Å²) in [6.45, 7) is 6.67. The van der Waals surface area contributed by atoms with Crippen LogP contribution in [0.2, 0.25) is 0 Å². The van der Waals surface area contributed by atoms with Gasteiger partial charge in [0.2, 0.25) is 0 Å². The first-order chi connectivity index (χ1) is 8.11. The van der Waals surface area contributed by atoms with E-state index in [4.69, 9.17) is 5.84 Å². The molecule has 0 fully saturated rings. The van der Waals surface area contributed by atoms with E-state index in [0.29, 0.717) is 11.9 Å². The van der Waals surface area contributed by atoms with Gasteiger partial charge >= 0.3 is 0 Å². The Morgan fingerprint density at radius 3 is 2.53 bits per heavy atom. The third-order valence-corrected chi connectivity index (χ3v) is 2.63. The molecule has 0 bridgehead atoms. The Balaban J connectivity index is 2.36. The summed E-state index contributed by atoms with van der Waals surface area (Å²) < 4.78 is 0. The van der Waals surface area contributed by atoms with Gasteiger partial charge in [0.05, 0.1) is 0 Å². The van der Waals surface area contributed by atoms with Crippen molar-refractivity contribution in [2.45, 2.75) is 46.1 Å². The molecule has 0 saturated carbocycles. The molecule has 17 heavy (non-hydrogen) atoms. The highest BCUT2D eigenvalue weighted by atomic mass is 15.3. The SMILES string of the molecule is CC(C)CCCC(C)Nc1cc(NN)ncn1. The van der Waals surface area contributed by atoms with Crippen LogP contribution >= 0.6 is 0 Å². The summed E-state index contributed by atoms with van der Waals surface area (Å²) in [5.41, 5.74) is 2.51. The maximum Gasteiger partial charge on any atom is 0.145 e. The van der Waals surface area contributed by atoms with Crippen molar-refractivity contribution >= 4 is 11.6 Å². The second-order valence-electron chi connectivity index (χ2n) is 4.80. The summed E-state index contributed by atoms with van der Waals surface area (Å²) in [4.78, 5) is 8.12. The van der Waals surface area contributed by atoms with Gasteiger partial charge in [-0.15, -0.1) is 0 Å². The third-order valence-electron chi connectivity index (χ3n) is 2.63. The zero-order valence-electron chi connectivity index (χ0n) is 10.9. The normalized spacial score (nSPS) is 12.5. The van der Waals surface area contributed by atoms with Gasteiger partial charge in [0.1, 0.15) is 18.0 Å². The zero-order valence-corrected chi connectivity index (χ0v) is 10.9. The van der Waals surface area contributed by atoms with E-state index in [-0.39, 0.29) is 0 Å². The monoisotopic (exact) mass is 237 g/mol. The Morgan fingerprint density at radius 2 is 1.88 bits per heavy atom. The van der Waals surface area contributed by atoms with Crippen LogP contribution in [-0.4, -0.2) is 16.0 Å². The van der Waals surface area contributed by atoms with Gasteiger partial charge in [-0.3, -0.25) is 0 Å². The molecule has 0 spiro atoms. The molecule has 0 aliphatic rings. The fourth-order valence-corrected chi connectivity index (χ4v) is 1.67. The Bertz CT molecular complexity index is 326. The second-order valence-corrected chi connectivity index (χ2v) is 4.80. The molecule has 5 nitrogen and oxygen atoms in total. The van der Waals surface area contributed by atoms with Crippen molar-refractivity contribution in [2.75, 3.05) is 10.7 Å². The van der Waals surface area contributed by atoms with Gasteiger partial charge in [-0.25, -0.2) is 15.8 Å². The number of hydrogen-bond acceptors (Lipinski definition) is 5. The van der Waals surface area contributed by atoms with Crippen molar-refractivity contribution in [3.8, 4) is 0 Å². The highest BCUT2D eigenvalue weighted by Gasteiger charge is 2.04. The molecule has 96 valence electrons. The number of hydrogen-bond donors (Lipinski definition) is 3. The predicted molar refractivity (Wildman–Crippen MR) is 71.6 cm³/mol. The Kier molecular flexibility index (Phi) is 5.69. The molecule has 0 saturated heterocycles. The average Bonchev–Trinajstić information content (AvgIpc) is 2.28. The van der Waals surface area contributed by atoms with Crippen LogP contribution in [0.15, 0.2) is 12.4 Å². The molecule has 1 atom stereocenters. The number of nitrogens with two attached hydrogens (primary N) is 1. The lowest BCUT2D eigenvalue weighted by atomic mass is 10.0. The second kappa shape index (κ2) is 7.06. The van der Waals surface area contributed by atoms with E-state index in [1.807, 2.05) is 0 Å². The molecule has 0 aromatic carbocycles. The Morgan fingerprint density at radius 1 is 1.18 bits per heavy atom. The van der Waals surface area contributed by atoms with Crippen LogP contribution in [0.5, 0.6) is 0 Å². The van der Waals surface area contributed by atoms with E-state index in [9.17, 15) is 0 Å². The molecule has 1 rings (SSSR count). The summed E-state index contributed by atoms with van der Waals surface area (Å²) in [7, 11) is 0. The molecule has 0 aliphatic heterocycles. The molecular formula is C12H23N5. The molecular weight excluding hydrogens is 214 g/mol. The van der Waals surface area contributed by atoms with Gasteiger partial charge < -0.3 is 10.7 Å². The van der Waals surface area contributed by atoms with E-state index < -0.39 is 0 Å². The molecule has 0 radical (unpaired) electrons. The molecule has 1 aromatic heterocycles. The molecule has 0 aliphatic carbocycles. The van der Waals surface area contributed by atoms with Crippen molar-refractivity contribution < 1.29 is 0 Å². The largest absolute Gasteiger partial charge is 0.367 e. The van der Waals surface area contributed by atoms with Crippen LogP contribution < -0.4 is 16.6 Å². The van der Waals surface area contributed by atoms with Crippen molar-refractivity contribution in [3.63, 3.8) is 0 Å². The highest BCUT2D eigenvalue weighted by Crippen LogP contribution is 2.13. The van der Waals surface area contributed by atoms with Crippen molar-refractivity contribution in [2.24, 2.45) is 11.8 Å². The highest BCUT2D eigenvalue weighted by molar-refractivity contribution is 5.45. The van der Waals surface area contributed by atoms with Crippen LogP contribution in [0.25, 0.3) is 0 Å². The number of nitrogen functional groups attached to an aromatic ring is 1. The molecule has 1 aromatic rings. The number of aromatic nitrogens is 2. The van der Waals surface area contributed by atoms with Gasteiger partial charge in [-0.1, -0.05) is 26.7 Å². The summed E-state index contributed by atoms with van der Waals surface area (Å²) >= 11 is 0. The van der Waals surface area contributed by atoms with Gasteiger partial charge in [0, 0.05) is 12.1 Å². The van der Waals surface area contributed by atoms with Crippen molar-refractivity contribution in [1.29, 1.82) is 0 Å². The lowest BCUT2D eigenvalue weighted by Crippen LogP contribution is -2.17. The predicted octanol–water partition coefficient (Wildman–Crippen LogP) is 2.39. The summed E-state index contributed by atoms with van der Waals surface area (Å²) in [6, 6.07) is 2.22. The summed E-state index contributed by atoms with van der Waals surface area (Å²) in [5, 5.41) is 3.34. The Labute approximate surface area is 103 Å². The maximum atomic E-state index is 5.29. The van der Waals surface area contributed by atoms with Gasteiger partial charge in [0.25, 0.3) is 0 Å². The van der Waals surface area contributed by atoms with Crippen molar-refractivity contribution in [3.05, 3.63) is 12.4 Å². The van der Waals surface area contributed by atoms with Gasteiger partial charge in [-0.05, 0) is 19.3 Å². The van der Waals surface area contributed by atoms with E-state index in [0.717, 1.165) is 18.2 Å². The summed E-state index contributed by atoms with van der Waals surface area (Å²) in [6.07, 6.45) is 5.15.